The summed E-state index contributed by atoms with van der Waals surface area (Å²) in [4.78, 5) is 15.7. The predicted molar refractivity (Wildman–Crippen MR) is 100 cm³/mol. The van der Waals surface area contributed by atoms with Gasteiger partial charge in [-0.1, -0.05) is 43.9 Å². The van der Waals surface area contributed by atoms with Crippen molar-refractivity contribution in [3.63, 3.8) is 0 Å². The summed E-state index contributed by atoms with van der Waals surface area (Å²) in [6, 6.07) is 8.52. The van der Waals surface area contributed by atoms with E-state index >= 15 is 0 Å². The van der Waals surface area contributed by atoms with Gasteiger partial charge in [0, 0.05) is 16.7 Å². The number of hydrogen-bond donors (Lipinski definition) is 1. The number of thioether (sulfide) groups is 1. The maximum absolute atomic E-state index is 12.4. The van der Waals surface area contributed by atoms with Crippen LogP contribution in [0.3, 0.4) is 0 Å². The van der Waals surface area contributed by atoms with Crippen LogP contribution in [-0.4, -0.2) is 36.2 Å². The van der Waals surface area contributed by atoms with Gasteiger partial charge in [-0.3, -0.25) is 9.69 Å². The maximum Gasteiger partial charge on any atom is 0.238 e. The van der Waals surface area contributed by atoms with E-state index in [1.807, 2.05) is 30.3 Å². The lowest BCUT2D eigenvalue weighted by atomic mass is 10.1. The molecule has 1 aromatic rings. The number of carbonyl (C=O) groups is 1. The number of amides is 1. The highest BCUT2D eigenvalue weighted by atomic mass is 32.2. The number of hydrogen-bond acceptors (Lipinski definition) is 3. The van der Waals surface area contributed by atoms with Crippen molar-refractivity contribution >= 4 is 23.4 Å². The van der Waals surface area contributed by atoms with Crippen LogP contribution in [0.25, 0.3) is 0 Å². The van der Waals surface area contributed by atoms with Gasteiger partial charge in [-0.25, -0.2) is 0 Å². The van der Waals surface area contributed by atoms with Crippen LogP contribution in [0, 0.1) is 0 Å². The molecule has 0 aliphatic heterocycles. The van der Waals surface area contributed by atoms with Gasteiger partial charge in [-0.05, 0) is 32.0 Å². The molecule has 23 heavy (non-hydrogen) atoms. The molecule has 2 rings (SSSR count). The lowest BCUT2D eigenvalue weighted by Crippen LogP contribution is -2.37. The molecule has 0 unspecified atom stereocenters. The van der Waals surface area contributed by atoms with Crippen LogP contribution in [0.2, 0.25) is 0 Å². The van der Waals surface area contributed by atoms with Crippen LogP contribution in [0.1, 0.15) is 38.5 Å². The first-order valence-corrected chi connectivity index (χ1v) is 9.52. The van der Waals surface area contributed by atoms with Gasteiger partial charge in [0.2, 0.25) is 5.91 Å². The fourth-order valence-electron chi connectivity index (χ4n) is 3.09. The van der Waals surface area contributed by atoms with Crippen molar-refractivity contribution in [1.29, 1.82) is 0 Å². The van der Waals surface area contributed by atoms with Gasteiger partial charge >= 0.3 is 0 Å². The van der Waals surface area contributed by atoms with E-state index in [0.717, 1.165) is 16.3 Å². The van der Waals surface area contributed by atoms with Gasteiger partial charge in [0.25, 0.3) is 0 Å². The summed E-state index contributed by atoms with van der Waals surface area (Å²) >= 11 is 1.69. The zero-order valence-corrected chi connectivity index (χ0v) is 14.9. The minimum Gasteiger partial charge on any atom is -0.324 e. The molecule has 0 radical (unpaired) electrons. The number of nitrogens with one attached hydrogen (secondary N) is 1. The van der Waals surface area contributed by atoms with E-state index in [-0.39, 0.29) is 5.91 Å². The SMILES string of the molecule is C=CCSc1ccccc1NC(=O)CN(C)C1CCCCCC1. The molecule has 1 fully saturated rings. The third-order valence-electron chi connectivity index (χ3n) is 4.36. The molecular weight excluding hydrogens is 304 g/mol. The molecule has 0 heterocycles. The monoisotopic (exact) mass is 332 g/mol. The summed E-state index contributed by atoms with van der Waals surface area (Å²) in [7, 11) is 2.08. The minimum absolute atomic E-state index is 0.0726. The van der Waals surface area contributed by atoms with Crippen LogP contribution < -0.4 is 5.32 Å². The van der Waals surface area contributed by atoms with E-state index in [4.69, 9.17) is 0 Å². The van der Waals surface area contributed by atoms with Crippen LogP contribution in [0.5, 0.6) is 0 Å². The Morgan fingerprint density at radius 3 is 2.70 bits per heavy atom. The number of carbonyl (C=O) groups excluding carboxylic acids is 1. The molecule has 0 saturated heterocycles. The van der Waals surface area contributed by atoms with Crippen LogP contribution >= 0.6 is 11.8 Å². The number of benzene rings is 1. The Bertz CT molecular complexity index is 510. The Morgan fingerprint density at radius 2 is 2.00 bits per heavy atom. The summed E-state index contributed by atoms with van der Waals surface area (Å²) in [5, 5.41) is 3.07. The standard InChI is InChI=1S/C19H28N2OS/c1-3-14-23-18-13-9-8-12-17(18)20-19(22)15-21(2)16-10-6-4-5-7-11-16/h3,8-9,12-13,16H,1,4-7,10-11,14-15H2,2H3,(H,20,22). The number of likely N-dealkylation sites (N-methyl/N-ethyl adjacent to an activating group) is 1. The van der Waals surface area contributed by atoms with Crippen molar-refractivity contribution in [3.05, 3.63) is 36.9 Å². The second-order valence-corrected chi connectivity index (χ2v) is 7.27. The van der Waals surface area contributed by atoms with Gasteiger partial charge in [-0.2, -0.15) is 0 Å². The normalized spacial score (nSPS) is 16.1. The number of nitrogens with zero attached hydrogens (tertiary/aromatic N) is 1. The third kappa shape index (κ3) is 6.04. The molecule has 1 N–H and O–H groups in total. The summed E-state index contributed by atoms with van der Waals surface area (Å²) in [6.45, 7) is 4.21. The van der Waals surface area contributed by atoms with Crippen molar-refractivity contribution in [1.82, 2.24) is 4.90 Å². The van der Waals surface area contributed by atoms with E-state index in [1.165, 1.54) is 38.5 Å². The van der Waals surface area contributed by atoms with Crippen molar-refractivity contribution in [3.8, 4) is 0 Å². The molecule has 0 aromatic heterocycles. The first kappa shape index (κ1) is 18.1. The average Bonchev–Trinajstić information content (AvgIpc) is 2.83. The molecule has 3 nitrogen and oxygen atoms in total. The van der Waals surface area contributed by atoms with E-state index in [9.17, 15) is 4.79 Å². The molecule has 1 aliphatic carbocycles. The second-order valence-electron chi connectivity index (χ2n) is 6.20. The first-order chi connectivity index (χ1) is 11.2. The average molecular weight is 333 g/mol. The van der Waals surface area contributed by atoms with Crippen LogP contribution in [-0.2, 0) is 4.79 Å². The summed E-state index contributed by atoms with van der Waals surface area (Å²) in [5.74, 6) is 0.915. The lowest BCUT2D eigenvalue weighted by molar-refractivity contribution is -0.117. The van der Waals surface area contributed by atoms with Crippen molar-refractivity contribution in [2.24, 2.45) is 0 Å². The molecule has 1 saturated carbocycles. The molecule has 1 aliphatic rings. The Hall–Kier alpha value is -1.26. The molecule has 126 valence electrons. The summed E-state index contributed by atoms with van der Waals surface area (Å²) < 4.78 is 0. The largest absolute Gasteiger partial charge is 0.324 e. The van der Waals surface area contributed by atoms with Gasteiger partial charge in [0.05, 0.1) is 12.2 Å². The highest BCUT2D eigenvalue weighted by Gasteiger charge is 2.19. The van der Waals surface area contributed by atoms with Crippen molar-refractivity contribution in [2.45, 2.75) is 49.5 Å². The number of para-hydroxylation sites is 1. The van der Waals surface area contributed by atoms with Crippen LogP contribution in [0.15, 0.2) is 41.8 Å². The predicted octanol–water partition coefficient (Wildman–Crippen LogP) is 4.56. The van der Waals surface area contributed by atoms with E-state index in [2.05, 4.69) is 23.8 Å². The molecule has 4 heteroatoms. The quantitative estimate of drug-likeness (QED) is 0.451. The topological polar surface area (TPSA) is 32.3 Å². The van der Waals surface area contributed by atoms with Crippen molar-refractivity contribution in [2.75, 3.05) is 24.7 Å². The summed E-state index contributed by atoms with van der Waals surface area (Å²) in [5.41, 5.74) is 0.901. The first-order valence-electron chi connectivity index (χ1n) is 8.53. The van der Waals surface area contributed by atoms with Gasteiger partial charge in [0.15, 0.2) is 0 Å². The van der Waals surface area contributed by atoms with Crippen molar-refractivity contribution < 1.29 is 4.79 Å². The minimum atomic E-state index is 0.0726. The van der Waals surface area contributed by atoms with E-state index < -0.39 is 0 Å². The fourth-order valence-corrected chi connectivity index (χ4v) is 3.84. The molecule has 1 amide bonds. The highest BCUT2D eigenvalue weighted by Crippen LogP contribution is 2.27. The smallest absolute Gasteiger partial charge is 0.238 e. The Kier molecular flexibility index (Phi) is 7.69. The molecule has 0 spiro atoms. The fraction of sp³-hybridized carbons (Fsp3) is 0.526. The lowest BCUT2D eigenvalue weighted by Gasteiger charge is -2.26. The second kappa shape index (κ2) is 9.78. The summed E-state index contributed by atoms with van der Waals surface area (Å²) in [6.07, 6.45) is 9.57. The van der Waals surface area contributed by atoms with Gasteiger partial charge in [0.1, 0.15) is 0 Å². The van der Waals surface area contributed by atoms with Crippen LogP contribution in [0.4, 0.5) is 5.69 Å². The van der Waals surface area contributed by atoms with Gasteiger partial charge < -0.3 is 5.32 Å². The number of anilines is 1. The molecule has 0 atom stereocenters. The van der Waals surface area contributed by atoms with E-state index in [1.54, 1.807) is 11.8 Å². The molecule has 1 aromatic carbocycles. The molecule has 0 bridgehead atoms. The van der Waals surface area contributed by atoms with E-state index in [0.29, 0.717) is 12.6 Å². The maximum atomic E-state index is 12.4. The third-order valence-corrected chi connectivity index (χ3v) is 5.43. The molecular formula is C19H28N2OS. The Labute approximate surface area is 144 Å². The highest BCUT2D eigenvalue weighted by molar-refractivity contribution is 7.99. The zero-order valence-electron chi connectivity index (χ0n) is 14.1. The van der Waals surface area contributed by atoms with Gasteiger partial charge in [-0.15, -0.1) is 18.3 Å². The Balaban J connectivity index is 1.89. The zero-order chi connectivity index (χ0) is 16.5. The Morgan fingerprint density at radius 1 is 1.30 bits per heavy atom. The number of rotatable bonds is 7.